The van der Waals surface area contributed by atoms with Gasteiger partial charge in [0.05, 0.1) is 0 Å². The Morgan fingerprint density at radius 3 is 2.91 bits per heavy atom. The average molecular weight is 147 g/mol. The van der Waals surface area contributed by atoms with E-state index in [4.69, 9.17) is 0 Å². The number of anilines is 1. The van der Waals surface area contributed by atoms with Crippen LogP contribution in [0.5, 0.6) is 0 Å². The first-order valence-corrected chi connectivity index (χ1v) is 3.96. The highest BCUT2D eigenvalue weighted by molar-refractivity contribution is 5.40. The van der Waals surface area contributed by atoms with Gasteiger partial charge >= 0.3 is 0 Å². The molecule has 2 rings (SSSR count). The minimum atomic E-state index is 0.981. The van der Waals surface area contributed by atoms with E-state index in [9.17, 15) is 0 Å². The molecule has 1 aliphatic rings. The molecule has 1 aromatic rings. The Hall–Kier alpha value is -1.05. The molecule has 1 radical (unpaired) electrons. The fourth-order valence-corrected chi connectivity index (χ4v) is 1.20. The minimum absolute atomic E-state index is 0.981. The van der Waals surface area contributed by atoms with Crippen LogP contribution in [0.2, 0.25) is 0 Å². The van der Waals surface area contributed by atoms with Crippen LogP contribution in [0.15, 0.2) is 12.1 Å². The van der Waals surface area contributed by atoms with Crippen molar-refractivity contribution in [1.29, 1.82) is 0 Å². The number of aromatic nitrogens is 1. The first-order valence-electron chi connectivity index (χ1n) is 3.96. The molecule has 0 saturated carbocycles. The van der Waals surface area contributed by atoms with E-state index in [-0.39, 0.29) is 0 Å². The van der Waals surface area contributed by atoms with Crippen LogP contribution in [-0.4, -0.2) is 18.1 Å². The molecule has 2 nitrogen and oxygen atoms in total. The van der Waals surface area contributed by atoms with Crippen molar-refractivity contribution in [3.8, 4) is 0 Å². The van der Waals surface area contributed by atoms with E-state index in [1.54, 1.807) is 0 Å². The van der Waals surface area contributed by atoms with Gasteiger partial charge in [0, 0.05) is 24.8 Å². The lowest BCUT2D eigenvalue weighted by atomic mass is 10.2. The van der Waals surface area contributed by atoms with Gasteiger partial charge in [0.15, 0.2) is 0 Å². The number of nitrogens with zero attached hydrogens (tertiary/aromatic N) is 2. The molecule has 1 aliphatic heterocycles. The highest BCUT2D eigenvalue weighted by Gasteiger charge is 2.14. The Morgan fingerprint density at radius 1 is 1.55 bits per heavy atom. The highest BCUT2D eigenvalue weighted by atomic mass is 15.2. The SMILES string of the molecule is Cc1[c]ccc(N2CCC2)n1. The van der Waals surface area contributed by atoms with Crippen LogP contribution < -0.4 is 4.90 Å². The normalized spacial score (nSPS) is 16.3. The predicted molar refractivity (Wildman–Crippen MR) is 44.6 cm³/mol. The number of hydrogen-bond acceptors (Lipinski definition) is 2. The number of aryl methyl sites for hydroxylation is 1. The van der Waals surface area contributed by atoms with Crippen LogP contribution in [0.3, 0.4) is 0 Å². The Morgan fingerprint density at radius 2 is 2.36 bits per heavy atom. The Kier molecular flexibility index (Phi) is 1.53. The van der Waals surface area contributed by atoms with Crippen LogP contribution >= 0.6 is 0 Å². The molecule has 1 aromatic heterocycles. The summed E-state index contributed by atoms with van der Waals surface area (Å²) in [6, 6.07) is 7.00. The summed E-state index contributed by atoms with van der Waals surface area (Å²) in [6.07, 6.45) is 1.30. The minimum Gasteiger partial charge on any atom is -0.356 e. The fraction of sp³-hybridized carbons (Fsp3) is 0.444. The third-order valence-corrected chi connectivity index (χ3v) is 1.99. The molecule has 0 spiro atoms. The lowest BCUT2D eigenvalue weighted by Gasteiger charge is -2.31. The van der Waals surface area contributed by atoms with Crippen LogP contribution in [0, 0.1) is 13.0 Å². The summed E-state index contributed by atoms with van der Waals surface area (Å²) in [5.74, 6) is 1.10. The molecule has 2 heteroatoms. The molecule has 57 valence electrons. The van der Waals surface area contributed by atoms with Crippen molar-refractivity contribution in [3.63, 3.8) is 0 Å². The van der Waals surface area contributed by atoms with E-state index < -0.39 is 0 Å². The molecule has 0 aliphatic carbocycles. The largest absolute Gasteiger partial charge is 0.356 e. The van der Waals surface area contributed by atoms with Gasteiger partial charge < -0.3 is 4.90 Å². The van der Waals surface area contributed by atoms with Gasteiger partial charge in [-0.3, -0.25) is 0 Å². The molecule has 1 saturated heterocycles. The van der Waals surface area contributed by atoms with Gasteiger partial charge in [-0.25, -0.2) is 4.98 Å². The molecule has 0 atom stereocenters. The zero-order valence-corrected chi connectivity index (χ0v) is 6.67. The second kappa shape index (κ2) is 2.53. The van der Waals surface area contributed by atoms with Crippen molar-refractivity contribution in [1.82, 2.24) is 4.98 Å². The van der Waals surface area contributed by atoms with Gasteiger partial charge in [-0.15, -0.1) is 0 Å². The molecular formula is C9H11N2. The van der Waals surface area contributed by atoms with Gasteiger partial charge in [0.1, 0.15) is 5.82 Å². The van der Waals surface area contributed by atoms with Crippen molar-refractivity contribution >= 4 is 5.82 Å². The summed E-state index contributed by atoms with van der Waals surface area (Å²) >= 11 is 0. The third-order valence-electron chi connectivity index (χ3n) is 1.99. The Balaban J connectivity index is 2.23. The molecule has 0 aromatic carbocycles. The summed E-state index contributed by atoms with van der Waals surface area (Å²) in [6.45, 7) is 4.30. The summed E-state index contributed by atoms with van der Waals surface area (Å²) in [5.41, 5.74) is 0.981. The molecule has 2 heterocycles. The van der Waals surface area contributed by atoms with Crippen molar-refractivity contribution in [2.75, 3.05) is 18.0 Å². The van der Waals surface area contributed by atoms with Gasteiger partial charge in [0.2, 0.25) is 0 Å². The monoisotopic (exact) mass is 147 g/mol. The summed E-state index contributed by atoms with van der Waals surface area (Å²) in [5, 5.41) is 0. The van der Waals surface area contributed by atoms with Gasteiger partial charge in [-0.1, -0.05) is 0 Å². The fourth-order valence-electron chi connectivity index (χ4n) is 1.20. The van der Waals surface area contributed by atoms with E-state index in [1.165, 1.54) is 6.42 Å². The van der Waals surface area contributed by atoms with Crippen LogP contribution in [0.4, 0.5) is 5.82 Å². The molecule has 0 amide bonds. The maximum absolute atomic E-state index is 4.37. The Bertz CT molecular complexity index is 253. The van der Waals surface area contributed by atoms with E-state index in [2.05, 4.69) is 16.0 Å². The maximum Gasteiger partial charge on any atom is 0.128 e. The Labute approximate surface area is 66.9 Å². The smallest absolute Gasteiger partial charge is 0.128 e. The van der Waals surface area contributed by atoms with Crippen LogP contribution in [0.1, 0.15) is 12.1 Å². The average Bonchev–Trinajstić information content (AvgIpc) is 1.83. The lowest BCUT2D eigenvalue weighted by molar-refractivity contribution is 0.609. The third kappa shape index (κ3) is 1.20. The molecule has 1 fully saturated rings. The van der Waals surface area contributed by atoms with E-state index in [1.807, 2.05) is 19.1 Å². The second-order valence-corrected chi connectivity index (χ2v) is 2.87. The number of hydrogen-bond donors (Lipinski definition) is 0. The van der Waals surface area contributed by atoms with Gasteiger partial charge in [0.25, 0.3) is 0 Å². The lowest BCUT2D eigenvalue weighted by Crippen LogP contribution is -2.37. The summed E-state index contributed by atoms with van der Waals surface area (Å²) < 4.78 is 0. The van der Waals surface area contributed by atoms with E-state index in [0.29, 0.717) is 0 Å². The van der Waals surface area contributed by atoms with Crippen molar-refractivity contribution in [2.45, 2.75) is 13.3 Å². The van der Waals surface area contributed by atoms with Crippen molar-refractivity contribution < 1.29 is 0 Å². The first-order chi connectivity index (χ1) is 5.36. The topological polar surface area (TPSA) is 16.1 Å². The molecule has 0 bridgehead atoms. The zero-order valence-electron chi connectivity index (χ0n) is 6.67. The molecule has 0 unspecified atom stereocenters. The molecular weight excluding hydrogens is 136 g/mol. The van der Waals surface area contributed by atoms with Gasteiger partial charge in [-0.05, 0) is 25.5 Å². The zero-order chi connectivity index (χ0) is 7.68. The summed E-state index contributed by atoms with van der Waals surface area (Å²) in [7, 11) is 0. The molecule has 11 heavy (non-hydrogen) atoms. The van der Waals surface area contributed by atoms with Crippen LogP contribution in [-0.2, 0) is 0 Å². The quantitative estimate of drug-likeness (QED) is 0.597. The highest BCUT2D eigenvalue weighted by Crippen LogP contribution is 2.16. The van der Waals surface area contributed by atoms with Crippen LogP contribution in [0.25, 0.3) is 0 Å². The standard InChI is InChI=1S/C9H11N2/c1-8-4-2-5-9(10-8)11-6-3-7-11/h2,5H,3,6-7H2,1H3. The number of pyridine rings is 1. The molecule has 0 N–H and O–H groups in total. The maximum atomic E-state index is 4.37. The predicted octanol–water partition coefficient (Wildman–Crippen LogP) is 1.40. The second-order valence-electron chi connectivity index (χ2n) is 2.87. The van der Waals surface area contributed by atoms with Gasteiger partial charge in [-0.2, -0.15) is 0 Å². The van der Waals surface area contributed by atoms with E-state index in [0.717, 1.165) is 24.6 Å². The van der Waals surface area contributed by atoms with E-state index >= 15 is 0 Å². The van der Waals surface area contributed by atoms with Crippen molar-refractivity contribution in [3.05, 3.63) is 23.9 Å². The first kappa shape index (κ1) is 6.65. The summed E-state index contributed by atoms with van der Waals surface area (Å²) in [4.78, 5) is 6.64. The number of rotatable bonds is 1. The van der Waals surface area contributed by atoms with Crippen molar-refractivity contribution in [2.24, 2.45) is 0 Å².